The highest BCUT2D eigenvalue weighted by atomic mass is 19.1. The summed E-state index contributed by atoms with van der Waals surface area (Å²) in [6.07, 6.45) is 4.33. The van der Waals surface area contributed by atoms with Gasteiger partial charge in [0.25, 0.3) is 0 Å². The van der Waals surface area contributed by atoms with Crippen molar-refractivity contribution in [3.63, 3.8) is 0 Å². The molecule has 0 radical (unpaired) electrons. The molecule has 6 nitrogen and oxygen atoms in total. The Morgan fingerprint density at radius 2 is 2.00 bits per heavy atom. The normalized spacial score (nSPS) is 12.7. The molecule has 1 atom stereocenters. The van der Waals surface area contributed by atoms with Crippen LogP contribution in [-0.2, 0) is 13.6 Å². The van der Waals surface area contributed by atoms with Crippen LogP contribution >= 0.6 is 0 Å². The Morgan fingerprint density at radius 3 is 2.64 bits per heavy atom. The third-order valence-electron chi connectivity index (χ3n) is 4.15. The molecule has 0 aliphatic heterocycles. The molecule has 2 heterocycles. The van der Waals surface area contributed by atoms with Crippen LogP contribution < -0.4 is 5.32 Å². The van der Waals surface area contributed by atoms with Gasteiger partial charge in [0.2, 0.25) is 0 Å². The molecule has 3 aromatic rings. The fourth-order valence-corrected chi connectivity index (χ4v) is 2.92. The van der Waals surface area contributed by atoms with E-state index >= 15 is 0 Å². The summed E-state index contributed by atoms with van der Waals surface area (Å²) >= 11 is 0. The highest BCUT2D eigenvalue weighted by molar-refractivity contribution is 5.62. The van der Waals surface area contributed by atoms with Crippen molar-refractivity contribution in [3.05, 3.63) is 54.0 Å². The molecule has 7 heteroatoms. The van der Waals surface area contributed by atoms with Gasteiger partial charge in [-0.25, -0.2) is 9.37 Å². The average Bonchev–Trinajstić information content (AvgIpc) is 3.21. The smallest absolute Gasteiger partial charge is 0.143 e. The van der Waals surface area contributed by atoms with Crippen molar-refractivity contribution >= 4 is 0 Å². The van der Waals surface area contributed by atoms with E-state index in [1.54, 1.807) is 29.3 Å². The van der Waals surface area contributed by atoms with Crippen molar-refractivity contribution in [1.82, 2.24) is 30.3 Å². The van der Waals surface area contributed by atoms with Gasteiger partial charge in [-0.3, -0.25) is 9.78 Å². The van der Waals surface area contributed by atoms with Gasteiger partial charge in [-0.15, -0.1) is 0 Å². The second-order valence-electron chi connectivity index (χ2n) is 6.58. The summed E-state index contributed by atoms with van der Waals surface area (Å²) in [6.45, 7) is 5.01. The first kappa shape index (κ1) is 17.3. The number of aromatic amines is 1. The highest BCUT2D eigenvalue weighted by Gasteiger charge is 2.19. The Morgan fingerprint density at radius 1 is 1.24 bits per heavy atom. The summed E-state index contributed by atoms with van der Waals surface area (Å²) in [5.74, 6) is 1.19. The van der Waals surface area contributed by atoms with Gasteiger partial charge >= 0.3 is 0 Å². The number of H-pyrrole nitrogens is 1. The molecular weight excluding hydrogens is 319 g/mol. The van der Waals surface area contributed by atoms with Gasteiger partial charge in [0, 0.05) is 24.7 Å². The summed E-state index contributed by atoms with van der Waals surface area (Å²) < 4.78 is 14.9. The molecule has 0 saturated carbocycles. The van der Waals surface area contributed by atoms with E-state index in [2.05, 4.69) is 39.4 Å². The molecule has 132 valence electrons. The molecule has 2 N–H and O–H groups in total. The van der Waals surface area contributed by atoms with Gasteiger partial charge in [-0.05, 0) is 36.6 Å². The number of rotatable bonds is 7. The van der Waals surface area contributed by atoms with Crippen molar-refractivity contribution in [2.75, 3.05) is 0 Å². The molecule has 0 amide bonds. The van der Waals surface area contributed by atoms with Gasteiger partial charge in [-0.1, -0.05) is 13.8 Å². The molecule has 0 spiro atoms. The predicted molar refractivity (Wildman–Crippen MR) is 94.0 cm³/mol. The summed E-state index contributed by atoms with van der Waals surface area (Å²) in [7, 11) is 1.90. The minimum Gasteiger partial charge on any atom is -0.303 e. The number of aromatic nitrogens is 5. The summed E-state index contributed by atoms with van der Waals surface area (Å²) in [5, 5.41) is 14.9. The summed E-state index contributed by atoms with van der Waals surface area (Å²) in [5.41, 5.74) is 2.84. The topological polar surface area (TPSA) is 71.4 Å². The van der Waals surface area contributed by atoms with Crippen LogP contribution in [-0.4, -0.2) is 25.0 Å². The number of nitrogens with one attached hydrogen (secondary N) is 2. The summed E-state index contributed by atoms with van der Waals surface area (Å²) in [6, 6.07) is 6.51. The molecule has 0 fully saturated rings. The molecule has 0 aliphatic carbocycles. The molecule has 1 aromatic carbocycles. The maximum Gasteiger partial charge on any atom is 0.143 e. The molecule has 0 bridgehead atoms. The first-order chi connectivity index (χ1) is 12.0. The quantitative estimate of drug-likeness (QED) is 0.691. The van der Waals surface area contributed by atoms with Crippen LogP contribution in [0.15, 0.2) is 36.8 Å². The van der Waals surface area contributed by atoms with E-state index in [1.807, 2.05) is 7.05 Å². The van der Waals surface area contributed by atoms with Crippen LogP contribution in [0.2, 0.25) is 0 Å². The van der Waals surface area contributed by atoms with Gasteiger partial charge in [0.15, 0.2) is 0 Å². The maximum atomic E-state index is 13.1. The number of nitrogens with zero attached hydrogens (tertiary/aromatic N) is 4. The van der Waals surface area contributed by atoms with Gasteiger partial charge in [0.1, 0.15) is 18.0 Å². The molecule has 0 unspecified atom stereocenters. The van der Waals surface area contributed by atoms with E-state index in [0.717, 1.165) is 29.1 Å². The molecule has 2 aromatic heterocycles. The fourth-order valence-electron chi connectivity index (χ4n) is 2.92. The van der Waals surface area contributed by atoms with Gasteiger partial charge < -0.3 is 5.32 Å². The second-order valence-corrected chi connectivity index (χ2v) is 6.58. The number of aryl methyl sites for hydroxylation is 1. The number of hydrogen-bond acceptors (Lipinski definition) is 4. The van der Waals surface area contributed by atoms with E-state index in [9.17, 15) is 4.39 Å². The number of benzene rings is 1. The SMILES string of the molecule is CC(C)C[C@@H](NCc1cn[nH]c1-c1ccc(F)cc1)c1ncnn1C. The fraction of sp³-hybridized carbons (Fsp3) is 0.389. The van der Waals surface area contributed by atoms with E-state index in [-0.39, 0.29) is 11.9 Å². The van der Waals surface area contributed by atoms with Crippen LogP contribution in [0.5, 0.6) is 0 Å². The third kappa shape index (κ3) is 4.11. The molecule has 25 heavy (non-hydrogen) atoms. The van der Waals surface area contributed by atoms with Crippen molar-refractivity contribution in [2.45, 2.75) is 32.9 Å². The largest absolute Gasteiger partial charge is 0.303 e. The van der Waals surface area contributed by atoms with Gasteiger partial charge in [-0.2, -0.15) is 10.2 Å². The lowest BCUT2D eigenvalue weighted by Crippen LogP contribution is -2.25. The van der Waals surface area contributed by atoms with Crippen molar-refractivity contribution < 1.29 is 4.39 Å². The van der Waals surface area contributed by atoms with Crippen LogP contribution in [0.3, 0.4) is 0 Å². The molecule has 0 aliphatic rings. The Hall–Kier alpha value is -2.54. The molecule has 3 rings (SSSR count). The lowest BCUT2D eigenvalue weighted by Gasteiger charge is -2.20. The van der Waals surface area contributed by atoms with Crippen LogP contribution in [0.25, 0.3) is 11.3 Å². The van der Waals surface area contributed by atoms with Crippen LogP contribution in [0.1, 0.15) is 37.7 Å². The van der Waals surface area contributed by atoms with E-state index in [4.69, 9.17) is 0 Å². The van der Waals surface area contributed by atoms with Crippen LogP contribution in [0.4, 0.5) is 4.39 Å². The average molecular weight is 342 g/mol. The zero-order chi connectivity index (χ0) is 17.8. The zero-order valence-electron chi connectivity index (χ0n) is 14.7. The lowest BCUT2D eigenvalue weighted by atomic mass is 10.0. The van der Waals surface area contributed by atoms with E-state index < -0.39 is 0 Å². The minimum absolute atomic E-state index is 0.100. The monoisotopic (exact) mass is 342 g/mol. The zero-order valence-corrected chi connectivity index (χ0v) is 14.7. The van der Waals surface area contributed by atoms with E-state index in [0.29, 0.717) is 12.5 Å². The van der Waals surface area contributed by atoms with Gasteiger partial charge in [0.05, 0.1) is 17.9 Å². The second kappa shape index (κ2) is 7.57. The molecular formula is C18H23FN6. The lowest BCUT2D eigenvalue weighted by molar-refractivity contribution is 0.401. The third-order valence-corrected chi connectivity index (χ3v) is 4.15. The standard InChI is InChI=1S/C18H23FN6/c1-12(2)8-16(18-21-11-23-25(18)3)20-9-14-10-22-24-17(14)13-4-6-15(19)7-5-13/h4-7,10-12,16,20H,8-9H2,1-3H3,(H,22,24)/t16-/m1/s1. The Kier molecular flexibility index (Phi) is 5.23. The Balaban J connectivity index is 1.77. The Bertz CT molecular complexity index is 805. The number of hydrogen-bond donors (Lipinski definition) is 2. The highest BCUT2D eigenvalue weighted by Crippen LogP contribution is 2.24. The first-order valence-corrected chi connectivity index (χ1v) is 8.40. The predicted octanol–water partition coefficient (Wildman–Crippen LogP) is 3.22. The maximum absolute atomic E-state index is 13.1. The van der Waals surface area contributed by atoms with Crippen molar-refractivity contribution in [1.29, 1.82) is 0 Å². The van der Waals surface area contributed by atoms with Crippen molar-refractivity contribution in [2.24, 2.45) is 13.0 Å². The first-order valence-electron chi connectivity index (χ1n) is 8.40. The summed E-state index contributed by atoms with van der Waals surface area (Å²) in [4.78, 5) is 4.38. The number of halogens is 1. The Labute approximate surface area is 146 Å². The molecule has 0 saturated heterocycles. The minimum atomic E-state index is -0.248. The van der Waals surface area contributed by atoms with Crippen LogP contribution in [0, 0.1) is 11.7 Å². The van der Waals surface area contributed by atoms with E-state index in [1.165, 1.54) is 12.1 Å². The van der Waals surface area contributed by atoms with Crippen molar-refractivity contribution in [3.8, 4) is 11.3 Å².